The van der Waals surface area contributed by atoms with E-state index in [0.29, 0.717) is 24.0 Å². The summed E-state index contributed by atoms with van der Waals surface area (Å²) in [7, 11) is 1.39. The van der Waals surface area contributed by atoms with Gasteiger partial charge in [0.1, 0.15) is 0 Å². The standard InChI is InChI=1S/C16H24N4O2.HI/c1-16(2,3)20-15(17)18-9-11-7-8-12(14(21)22-4)13(19-11)10-5-6-10;/h7-8,10H,5-6,9H2,1-4H3,(H3,17,18,20);1H. The first-order valence-electron chi connectivity index (χ1n) is 7.46. The molecule has 0 unspecified atom stereocenters. The van der Waals surface area contributed by atoms with E-state index in [2.05, 4.69) is 15.3 Å². The van der Waals surface area contributed by atoms with Crippen molar-refractivity contribution in [3.05, 3.63) is 29.1 Å². The first-order valence-corrected chi connectivity index (χ1v) is 7.46. The summed E-state index contributed by atoms with van der Waals surface area (Å²) in [5.74, 6) is 0.417. The smallest absolute Gasteiger partial charge is 0.339 e. The minimum absolute atomic E-state index is 0. The van der Waals surface area contributed by atoms with Gasteiger partial charge in [-0.05, 0) is 45.7 Å². The van der Waals surface area contributed by atoms with E-state index in [0.717, 1.165) is 24.2 Å². The molecular formula is C16H25IN4O2. The fraction of sp³-hybridized carbons (Fsp3) is 0.562. The Kier molecular flexibility index (Phi) is 6.79. The summed E-state index contributed by atoms with van der Waals surface area (Å²) in [4.78, 5) is 20.7. The van der Waals surface area contributed by atoms with Crippen LogP contribution in [-0.4, -0.2) is 29.6 Å². The average Bonchev–Trinajstić information content (AvgIpc) is 3.26. The Morgan fingerprint density at radius 3 is 2.61 bits per heavy atom. The van der Waals surface area contributed by atoms with Crippen LogP contribution in [0.3, 0.4) is 0 Å². The van der Waals surface area contributed by atoms with Crippen LogP contribution in [-0.2, 0) is 11.3 Å². The van der Waals surface area contributed by atoms with Crippen molar-refractivity contribution in [3.8, 4) is 0 Å². The van der Waals surface area contributed by atoms with Gasteiger partial charge in [0.15, 0.2) is 5.96 Å². The number of rotatable bonds is 4. The van der Waals surface area contributed by atoms with Crippen LogP contribution in [0.5, 0.6) is 0 Å². The lowest BCUT2D eigenvalue weighted by atomic mass is 10.1. The second-order valence-electron chi connectivity index (χ2n) is 6.58. The normalized spacial score (nSPS) is 14.9. The molecule has 0 saturated heterocycles. The maximum absolute atomic E-state index is 11.8. The minimum Gasteiger partial charge on any atom is -0.465 e. The van der Waals surface area contributed by atoms with E-state index in [1.165, 1.54) is 7.11 Å². The van der Waals surface area contributed by atoms with Crippen LogP contribution in [0.25, 0.3) is 0 Å². The van der Waals surface area contributed by atoms with Crippen LogP contribution < -0.4 is 11.1 Å². The van der Waals surface area contributed by atoms with Crippen LogP contribution >= 0.6 is 24.0 Å². The highest BCUT2D eigenvalue weighted by Crippen LogP contribution is 2.40. The van der Waals surface area contributed by atoms with Gasteiger partial charge >= 0.3 is 5.97 Å². The van der Waals surface area contributed by atoms with Gasteiger partial charge in [0.05, 0.1) is 30.6 Å². The molecule has 0 aliphatic heterocycles. The second-order valence-corrected chi connectivity index (χ2v) is 6.58. The van der Waals surface area contributed by atoms with Crippen LogP contribution in [0, 0.1) is 0 Å². The zero-order valence-electron chi connectivity index (χ0n) is 14.0. The molecule has 23 heavy (non-hydrogen) atoms. The second kappa shape index (κ2) is 7.94. The monoisotopic (exact) mass is 432 g/mol. The number of nitrogens with one attached hydrogen (secondary N) is 1. The molecular weight excluding hydrogens is 407 g/mol. The van der Waals surface area contributed by atoms with E-state index in [4.69, 9.17) is 10.5 Å². The number of methoxy groups -OCH3 is 1. The molecule has 2 rings (SSSR count). The van der Waals surface area contributed by atoms with Gasteiger partial charge in [-0.25, -0.2) is 9.79 Å². The highest BCUT2D eigenvalue weighted by Gasteiger charge is 2.30. The predicted molar refractivity (Wildman–Crippen MR) is 101 cm³/mol. The summed E-state index contributed by atoms with van der Waals surface area (Å²) in [6, 6.07) is 3.57. The summed E-state index contributed by atoms with van der Waals surface area (Å²) in [6.07, 6.45) is 2.13. The molecule has 0 radical (unpaired) electrons. The van der Waals surface area contributed by atoms with Crippen molar-refractivity contribution in [2.24, 2.45) is 10.7 Å². The number of nitrogens with two attached hydrogens (primary N) is 1. The van der Waals surface area contributed by atoms with Crippen LogP contribution in [0.15, 0.2) is 17.1 Å². The van der Waals surface area contributed by atoms with Crippen molar-refractivity contribution in [2.45, 2.75) is 51.6 Å². The topological polar surface area (TPSA) is 89.6 Å². The first-order chi connectivity index (χ1) is 10.3. The van der Waals surface area contributed by atoms with Gasteiger partial charge < -0.3 is 15.8 Å². The summed E-state index contributed by atoms with van der Waals surface area (Å²) >= 11 is 0. The zero-order valence-corrected chi connectivity index (χ0v) is 16.4. The number of aromatic nitrogens is 1. The average molecular weight is 432 g/mol. The molecule has 0 aromatic carbocycles. The van der Waals surface area contributed by atoms with Gasteiger partial charge in [0.25, 0.3) is 0 Å². The van der Waals surface area contributed by atoms with E-state index >= 15 is 0 Å². The molecule has 6 nitrogen and oxygen atoms in total. The number of guanidine groups is 1. The van der Waals surface area contributed by atoms with E-state index in [1.54, 1.807) is 12.1 Å². The van der Waals surface area contributed by atoms with Crippen molar-refractivity contribution in [1.82, 2.24) is 10.3 Å². The molecule has 1 fully saturated rings. The predicted octanol–water partition coefficient (Wildman–Crippen LogP) is 2.57. The first kappa shape index (κ1) is 19.7. The minimum atomic E-state index is -0.335. The molecule has 0 atom stereocenters. The Hall–Kier alpha value is -1.38. The van der Waals surface area contributed by atoms with Crippen molar-refractivity contribution in [1.29, 1.82) is 0 Å². The van der Waals surface area contributed by atoms with Gasteiger partial charge in [-0.1, -0.05) is 0 Å². The van der Waals surface area contributed by atoms with Crippen molar-refractivity contribution in [2.75, 3.05) is 7.11 Å². The molecule has 1 aromatic rings. The third-order valence-electron chi connectivity index (χ3n) is 3.27. The van der Waals surface area contributed by atoms with E-state index in [-0.39, 0.29) is 35.5 Å². The highest BCUT2D eigenvalue weighted by molar-refractivity contribution is 14.0. The molecule has 1 aromatic heterocycles. The molecule has 3 N–H and O–H groups in total. The van der Waals surface area contributed by atoms with Gasteiger partial charge in [-0.2, -0.15) is 0 Å². The Balaban J connectivity index is 0.00000264. The largest absolute Gasteiger partial charge is 0.465 e. The Labute approximate surface area is 154 Å². The SMILES string of the molecule is COC(=O)c1ccc(CN=C(N)NC(C)(C)C)nc1C1CC1.I. The lowest BCUT2D eigenvalue weighted by Gasteiger charge is -2.21. The summed E-state index contributed by atoms with van der Waals surface area (Å²) < 4.78 is 4.81. The van der Waals surface area contributed by atoms with E-state index in [1.807, 2.05) is 20.8 Å². The number of esters is 1. The quantitative estimate of drug-likeness (QED) is 0.331. The third-order valence-corrected chi connectivity index (χ3v) is 3.27. The number of pyridine rings is 1. The van der Waals surface area contributed by atoms with Crippen LogP contribution in [0.1, 0.15) is 61.3 Å². The summed E-state index contributed by atoms with van der Waals surface area (Å²) in [5.41, 5.74) is 7.90. The maximum Gasteiger partial charge on any atom is 0.339 e. The summed E-state index contributed by atoms with van der Waals surface area (Å²) in [6.45, 7) is 6.44. The molecule has 0 bridgehead atoms. The molecule has 1 aliphatic carbocycles. The fourth-order valence-electron chi connectivity index (χ4n) is 2.15. The van der Waals surface area contributed by atoms with Gasteiger partial charge in [0.2, 0.25) is 0 Å². The number of ether oxygens (including phenoxy) is 1. The van der Waals surface area contributed by atoms with E-state index in [9.17, 15) is 4.79 Å². The van der Waals surface area contributed by atoms with Gasteiger partial charge in [-0.3, -0.25) is 4.98 Å². The Bertz CT molecular complexity index is 592. The van der Waals surface area contributed by atoms with Crippen LogP contribution in [0.2, 0.25) is 0 Å². The number of nitrogens with zero attached hydrogens (tertiary/aromatic N) is 2. The van der Waals surface area contributed by atoms with Gasteiger partial charge in [0, 0.05) is 11.5 Å². The van der Waals surface area contributed by atoms with Crippen molar-refractivity contribution >= 4 is 35.9 Å². The van der Waals surface area contributed by atoms with Crippen molar-refractivity contribution in [3.63, 3.8) is 0 Å². The molecule has 0 spiro atoms. The number of halogens is 1. The number of hydrogen-bond acceptors (Lipinski definition) is 4. The Morgan fingerprint density at radius 2 is 2.09 bits per heavy atom. The molecule has 0 amide bonds. The highest BCUT2D eigenvalue weighted by atomic mass is 127. The third kappa shape index (κ3) is 5.96. The van der Waals surface area contributed by atoms with Gasteiger partial charge in [-0.15, -0.1) is 24.0 Å². The molecule has 1 aliphatic rings. The molecule has 7 heteroatoms. The van der Waals surface area contributed by atoms with E-state index < -0.39 is 0 Å². The lowest BCUT2D eigenvalue weighted by Crippen LogP contribution is -2.45. The Morgan fingerprint density at radius 1 is 1.43 bits per heavy atom. The number of carbonyl (C=O) groups is 1. The van der Waals surface area contributed by atoms with Crippen molar-refractivity contribution < 1.29 is 9.53 Å². The lowest BCUT2D eigenvalue weighted by molar-refractivity contribution is 0.0598. The maximum atomic E-state index is 11.8. The zero-order chi connectivity index (χ0) is 16.3. The number of aliphatic imine (C=N–C) groups is 1. The fourth-order valence-corrected chi connectivity index (χ4v) is 2.15. The molecule has 128 valence electrons. The van der Waals surface area contributed by atoms with Crippen LogP contribution in [0.4, 0.5) is 0 Å². The number of carbonyl (C=O) groups excluding carboxylic acids is 1. The summed E-state index contributed by atoms with van der Waals surface area (Å²) in [5, 5.41) is 3.10. The number of hydrogen-bond donors (Lipinski definition) is 2. The molecule has 1 saturated carbocycles. The molecule has 1 heterocycles.